The molecule has 0 spiro atoms. The van der Waals surface area contributed by atoms with Crippen LogP contribution in [-0.4, -0.2) is 13.1 Å². The molecular formula is C16H23N. The van der Waals surface area contributed by atoms with E-state index in [1.54, 1.807) is 0 Å². The van der Waals surface area contributed by atoms with Gasteiger partial charge in [-0.05, 0) is 42.3 Å². The minimum atomic E-state index is 0.724. The van der Waals surface area contributed by atoms with Gasteiger partial charge in [0.2, 0.25) is 0 Å². The second-order valence-corrected chi connectivity index (χ2v) is 5.36. The highest BCUT2D eigenvalue weighted by Gasteiger charge is 2.24. The van der Waals surface area contributed by atoms with Gasteiger partial charge in [0.1, 0.15) is 0 Å². The van der Waals surface area contributed by atoms with Gasteiger partial charge in [-0.3, -0.25) is 0 Å². The summed E-state index contributed by atoms with van der Waals surface area (Å²) in [6.07, 6.45) is 7.25. The monoisotopic (exact) mass is 229 g/mol. The minimum absolute atomic E-state index is 0.724. The maximum atomic E-state index is 3.43. The Hall–Kier alpha value is -1.08. The zero-order chi connectivity index (χ0) is 12.1. The molecule has 17 heavy (non-hydrogen) atoms. The van der Waals surface area contributed by atoms with Crippen molar-refractivity contribution >= 4 is 6.08 Å². The lowest BCUT2D eigenvalue weighted by Gasteiger charge is -2.05. The molecule has 0 aliphatic heterocycles. The van der Waals surface area contributed by atoms with Crippen LogP contribution in [0.1, 0.15) is 43.7 Å². The fourth-order valence-electron chi connectivity index (χ4n) is 2.07. The standard InChI is InChI=1S/C16H23N/c1-13(2)12-17-11-5-7-14-6-3-4-8-16(14)15-9-10-15/h3-8,13,15,17H,9-12H2,1-2H3. The lowest BCUT2D eigenvalue weighted by Crippen LogP contribution is -2.19. The Labute approximate surface area is 105 Å². The Morgan fingerprint density at radius 1 is 1.29 bits per heavy atom. The van der Waals surface area contributed by atoms with Crippen molar-refractivity contribution in [1.29, 1.82) is 0 Å². The van der Waals surface area contributed by atoms with Crippen molar-refractivity contribution < 1.29 is 0 Å². The summed E-state index contributed by atoms with van der Waals surface area (Å²) < 4.78 is 0. The Kier molecular flexibility index (Phi) is 4.38. The van der Waals surface area contributed by atoms with Gasteiger partial charge in [-0.25, -0.2) is 0 Å². The number of nitrogens with one attached hydrogen (secondary N) is 1. The smallest absolute Gasteiger partial charge is 0.0138 e. The van der Waals surface area contributed by atoms with Crippen molar-refractivity contribution in [2.75, 3.05) is 13.1 Å². The predicted molar refractivity (Wildman–Crippen MR) is 75.2 cm³/mol. The number of benzene rings is 1. The summed E-state index contributed by atoms with van der Waals surface area (Å²) in [5, 5.41) is 3.43. The van der Waals surface area contributed by atoms with Crippen LogP contribution in [0.25, 0.3) is 6.08 Å². The third-order valence-electron chi connectivity index (χ3n) is 3.13. The average Bonchev–Trinajstić information content (AvgIpc) is 3.13. The maximum Gasteiger partial charge on any atom is 0.0138 e. The van der Waals surface area contributed by atoms with Crippen LogP contribution in [0.5, 0.6) is 0 Å². The molecule has 1 nitrogen and oxygen atoms in total. The molecule has 1 heteroatoms. The highest BCUT2D eigenvalue weighted by atomic mass is 14.8. The van der Waals surface area contributed by atoms with Crippen LogP contribution < -0.4 is 5.32 Å². The van der Waals surface area contributed by atoms with E-state index in [1.165, 1.54) is 24.0 Å². The zero-order valence-electron chi connectivity index (χ0n) is 10.9. The van der Waals surface area contributed by atoms with Gasteiger partial charge in [0.15, 0.2) is 0 Å². The van der Waals surface area contributed by atoms with Gasteiger partial charge in [-0.15, -0.1) is 0 Å². The van der Waals surface area contributed by atoms with Gasteiger partial charge < -0.3 is 5.32 Å². The lowest BCUT2D eigenvalue weighted by atomic mass is 10.0. The van der Waals surface area contributed by atoms with Crippen LogP contribution in [0.4, 0.5) is 0 Å². The first-order chi connectivity index (χ1) is 8.27. The molecule has 0 heterocycles. The molecule has 1 fully saturated rings. The molecule has 92 valence electrons. The summed E-state index contributed by atoms with van der Waals surface area (Å²) in [6.45, 7) is 6.53. The van der Waals surface area contributed by atoms with E-state index < -0.39 is 0 Å². The molecule has 0 bridgehead atoms. The van der Waals surface area contributed by atoms with Crippen LogP contribution in [-0.2, 0) is 0 Å². The Morgan fingerprint density at radius 2 is 2.06 bits per heavy atom. The van der Waals surface area contributed by atoms with Crippen molar-refractivity contribution in [2.45, 2.75) is 32.6 Å². The first-order valence-electron chi connectivity index (χ1n) is 6.73. The van der Waals surface area contributed by atoms with Gasteiger partial charge in [-0.1, -0.05) is 50.3 Å². The summed E-state index contributed by atoms with van der Waals surface area (Å²) in [7, 11) is 0. The van der Waals surface area contributed by atoms with Gasteiger partial charge in [0.05, 0.1) is 0 Å². The SMILES string of the molecule is CC(C)CNCC=Cc1ccccc1C1CC1. The van der Waals surface area contributed by atoms with Crippen molar-refractivity contribution in [3.8, 4) is 0 Å². The van der Waals surface area contributed by atoms with Gasteiger partial charge in [0, 0.05) is 6.54 Å². The van der Waals surface area contributed by atoms with Gasteiger partial charge in [0.25, 0.3) is 0 Å². The van der Waals surface area contributed by atoms with E-state index in [4.69, 9.17) is 0 Å². The van der Waals surface area contributed by atoms with Gasteiger partial charge >= 0.3 is 0 Å². The molecule has 1 aromatic carbocycles. The van der Waals surface area contributed by atoms with Crippen LogP contribution in [0.2, 0.25) is 0 Å². The fraction of sp³-hybridized carbons (Fsp3) is 0.500. The molecular weight excluding hydrogens is 206 g/mol. The largest absolute Gasteiger partial charge is 0.313 e. The molecule has 2 rings (SSSR count). The van der Waals surface area contributed by atoms with E-state index in [0.717, 1.165) is 24.9 Å². The normalized spacial score (nSPS) is 15.9. The lowest BCUT2D eigenvalue weighted by molar-refractivity contribution is 0.577. The minimum Gasteiger partial charge on any atom is -0.313 e. The molecule has 0 radical (unpaired) electrons. The van der Waals surface area contributed by atoms with E-state index in [0.29, 0.717) is 0 Å². The fourth-order valence-corrected chi connectivity index (χ4v) is 2.07. The summed E-state index contributed by atoms with van der Waals surface area (Å²) >= 11 is 0. The molecule has 1 aromatic rings. The summed E-state index contributed by atoms with van der Waals surface area (Å²) in [5.74, 6) is 1.56. The predicted octanol–water partition coefficient (Wildman–Crippen LogP) is 3.82. The molecule has 0 unspecified atom stereocenters. The number of hydrogen-bond donors (Lipinski definition) is 1. The molecule has 0 saturated heterocycles. The highest BCUT2D eigenvalue weighted by molar-refractivity contribution is 5.55. The maximum absolute atomic E-state index is 3.43. The Bertz CT molecular complexity index is 375. The Morgan fingerprint density at radius 3 is 2.76 bits per heavy atom. The van der Waals surface area contributed by atoms with E-state index in [9.17, 15) is 0 Å². The van der Waals surface area contributed by atoms with Crippen molar-refractivity contribution in [1.82, 2.24) is 5.32 Å². The second-order valence-electron chi connectivity index (χ2n) is 5.36. The molecule has 1 saturated carbocycles. The summed E-state index contributed by atoms with van der Waals surface area (Å²) in [5.41, 5.74) is 2.94. The quantitative estimate of drug-likeness (QED) is 0.731. The van der Waals surface area contributed by atoms with E-state index in [-0.39, 0.29) is 0 Å². The second kappa shape index (κ2) is 6.02. The van der Waals surface area contributed by atoms with Crippen LogP contribution in [0.15, 0.2) is 30.3 Å². The number of hydrogen-bond acceptors (Lipinski definition) is 1. The third kappa shape index (κ3) is 4.01. The van der Waals surface area contributed by atoms with E-state index in [2.05, 4.69) is 55.6 Å². The Balaban J connectivity index is 1.87. The topological polar surface area (TPSA) is 12.0 Å². The van der Waals surface area contributed by atoms with E-state index >= 15 is 0 Å². The first kappa shape index (κ1) is 12.4. The van der Waals surface area contributed by atoms with Crippen molar-refractivity contribution in [3.05, 3.63) is 41.5 Å². The van der Waals surface area contributed by atoms with E-state index in [1.807, 2.05) is 0 Å². The van der Waals surface area contributed by atoms with Crippen molar-refractivity contribution in [3.63, 3.8) is 0 Å². The highest BCUT2D eigenvalue weighted by Crippen LogP contribution is 2.41. The molecule has 0 atom stereocenters. The van der Waals surface area contributed by atoms with Crippen LogP contribution in [0.3, 0.4) is 0 Å². The zero-order valence-corrected chi connectivity index (χ0v) is 10.9. The van der Waals surface area contributed by atoms with Crippen LogP contribution in [0, 0.1) is 5.92 Å². The average molecular weight is 229 g/mol. The summed E-state index contributed by atoms with van der Waals surface area (Å²) in [6, 6.07) is 8.79. The third-order valence-corrected chi connectivity index (χ3v) is 3.13. The van der Waals surface area contributed by atoms with Crippen LogP contribution >= 0.6 is 0 Å². The van der Waals surface area contributed by atoms with Crippen molar-refractivity contribution in [2.24, 2.45) is 5.92 Å². The molecule has 1 aliphatic carbocycles. The molecule has 0 amide bonds. The molecule has 1 aliphatic rings. The molecule has 0 aromatic heterocycles. The summed E-state index contributed by atoms with van der Waals surface area (Å²) in [4.78, 5) is 0. The van der Waals surface area contributed by atoms with Gasteiger partial charge in [-0.2, -0.15) is 0 Å². The first-order valence-corrected chi connectivity index (χ1v) is 6.73. The molecule has 1 N–H and O–H groups in total. The number of rotatable bonds is 6.